The van der Waals surface area contributed by atoms with Gasteiger partial charge >= 0.3 is 0 Å². The summed E-state index contributed by atoms with van der Waals surface area (Å²) in [4.78, 5) is 3.76. The monoisotopic (exact) mass is 289 g/mol. The van der Waals surface area contributed by atoms with Gasteiger partial charge in [0.1, 0.15) is 17.1 Å². The second-order valence-electron chi connectivity index (χ2n) is 3.91. The number of aromatic amines is 1. The molecular weight excluding hydrogens is 282 g/mol. The normalized spacial score (nSPS) is 11.4. The first-order chi connectivity index (χ1) is 9.68. The number of fused-ring (bicyclic) bond motifs is 1. The molecule has 2 aromatic carbocycles. The van der Waals surface area contributed by atoms with Crippen molar-refractivity contribution >= 4 is 34.0 Å². The number of aromatic hydroxyl groups is 2. The van der Waals surface area contributed by atoms with Crippen LogP contribution in [-0.2, 0) is 0 Å². The van der Waals surface area contributed by atoms with E-state index in [-0.39, 0.29) is 28.2 Å². The minimum atomic E-state index is -0.161. The van der Waals surface area contributed by atoms with Gasteiger partial charge in [-0.1, -0.05) is 35.9 Å². The Hall–Kier alpha value is -2.67. The number of benzene rings is 2. The Balaban J connectivity index is 2.20. The lowest BCUT2D eigenvalue weighted by molar-refractivity contribution is 0.470. The smallest absolute Gasteiger partial charge is 0.264 e. The Morgan fingerprint density at radius 1 is 1.05 bits per heavy atom. The van der Waals surface area contributed by atoms with Crippen molar-refractivity contribution in [1.82, 2.24) is 15.2 Å². The van der Waals surface area contributed by atoms with Crippen LogP contribution in [-0.4, -0.2) is 25.4 Å². The number of nitrogens with zero attached hydrogens (tertiary/aromatic N) is 4. The molecule has 0 radical (unpaired) electrons. The Bertz CT molecular complexity index is 801. The number of phenols is 2. The highest BCUT2D eigenvalue weighted by atomic mass is 35.5. The van der Waals surface area contributed by atoms with Crippen molar-refractivity contribution < 1.29 is 10.2 Å². The van der Waals surface area contributed by atoms with Crippen molar-refractivity contribution in [3.8, 4) is 11.5 Å². The van der Waals surface area contributed by atoms with E-state index in [0.717, 1.165) is 0 Å². The molecule has 0 aliphatic carbocycles. The van der Waals surface area contributed by atoms with Gasteiger partial charge in [-0.2, -0.15) is 10.1 Å². The molecule has 3 N–H and O–H groups in total. The van der Waals surface area contributed by atoms with E-state index in [4.69, 9.17) is 11.6 Å². The maximum atomic E-state index is 10.2. The van der Waals surface area contributed by atoms with Crippen LogP contribution in [0.2, 0.25) is 5.02 Å². The zero-order valence-corrected chi connectivity index (χ0v) is 10.7. The largest absolute Gasteiger partial charge is 0.506 e. The summed E-state index contributed by atoms with van der Waals surface area (Å²) in [5, 5.41) is 34.7. The fraction of sp³-hybridized carbons (Fsp3) is 0. The van der Waals surface area contributed by atoms with E-state index in [1.165, 1.54) is 6.33 Å². The van der Waals surface area contributed by atoms with Crippen molar-refractivity contribution in [2.24, 2.45) is 10.2 Å². The molecule has 0 amide bonds. The second-order valence-corrected chi connectivity index (χ2v) is 4.29. The molecule has 0 bridgehead atoms. The van der Waals surface area contributed by atoms with Crippen LogP contribution in [0.15, 0.2) is 40.8 Å². The van der Waals surface area contributed by atoms with Gasteiger partial charge in [0.15, 0.2) is 11.4 Å². The molecule has 20 heavy (non-hydrogen) atoms. The number of aromatic nitrogens is 3. The minimum absolute atomic E-state index is 0.0285. The maximum Gasteiger partial charge on any atom is 0.264 e. The third-order valence-electron chi connectivity index (χ3n) is 2.72. The van der Waals surface area contributed by atoms with Crippen LogP contribution < -0.4 is 0 Å². The van der Waals surface area contributed by atoms with Gasteiger partial charge in [-0.05, 0) is 0 Å². The molecule has 8 heteroatoms. The van der Waals surface area contributed by atoms with Crippen molar-refractivity contribution in [2.45, 2.75) is 0 Å². The first-order valence-electron chi connectivity index (χ1n) is 5.57. The van der Waals surface area contributed by atoms with Crippen molar-refractivity contribution in [3.05, 3.63) is 35.6 Å². The zero-order valence-electron chi connectivity index (χ0n) is 9.95. The molecule has 1 aromatic heterocycles. The summed E-state index contributed by atoms with van der Waals surface area (Å²) in [5.41, 5.74) is -0.0285. The Labute approximate surface area is 117 Å². The molecule has 1 heterocycles. The Morgan fingerprint density at radius 3 is 2.40 bits per heavy atom. The third kappa shape index (κ3) is 1.94. The number of hydrogen-bond acceptors (Lipinski definition) is 6. The Kier molecular flexibility index (Phi) is 2.96. The van der Waals surface area contributed by atoms with Crippen molar-refractivity contribution in [1.29, 1.82) is 0 Å². The standard InChI is InChI=1S/C12H8ClN5O2/c13-8-9(16-18-12-14-5-15-17-12)11(20)7-4-2-1-3-6(7)10(8)19/h1-5,19-20H,(H,14,15,17). The van der Waals surface area contributed by atoms with Gasteiger partial charge in [0, 0.05) is 10.8 Å². The fourth-order valence-electron chi connectivity index (χ4n) is 1.79. The predicted octanol–water partition coefficient (Wildman–Crippen LogP) is 3.44. The van der Waals surface area contributed by atoms with E-state index in [1.54, 1.807) is 24.3 Å². The highest BCUT2D eigenvalue weighted by Gasteiger charge is 2.17. The molecule has 0 aliphatic rings. The van der Waals surface area contributed by atoms with Gasteiger partial charge in [0.25, 0.3) is 5.95 Å². The SMILES string of the molecule is Oc1c(Cl)c(N=Nc2ncn[nH]2)c(O)c2ccccc12. The van der Waals surface area contributed by atoms with Crippen LogP contribution in [0.25, 0.3) is 10.8 Å². The van der Waals surface area contributed by atoms with Crippen LogP contribution in [0.3, 0.4) is 0 Å². The summed E-state index contributed by atoms with van der Waals surface area (Å²) < 4.78 is 0. The number of nitrogens with one attached hydrogen (secondary N) is 1. The molecule has 3 rings (SSSR count). The van der Waals surface area contributed by atoms with Gasteiger partial charge < -0.3 is 10.2 Å². The van der Waals surface area contributed by atoms with E-state index < -0.39 is 0 Å². The van der Waals surface area contributed by atoms with E-state index in [2.05, 4.69) is 25.4 Å². The van der Waals surface area contributed by atoms with Crippen LogP contribution in [0.1, 0.15) is 0 Å². The topological polar surface area (TPSA) is 107 Å². The molecular formula is C12H8ClN5O2. The van der Waals surface area contributed by atoms with Gasteiger partial charge in [0.2, 0.25) is 0 Å². The molecule has 0 spiro atoms. The molecule has 3 aromatic rings. The summed E-state index contributed by atoms with van der Waals surface area (Å²) in [7, 11) is 0. The second kappa shape index (κ2) is 4.78. The molecule has 0 fully saturated rings. The minimum Gasteiger partial charge on any atom is -0.506 e. The average molecular weight is 290 g/mol. The van der Waals surface area contributed by atoms with E-state index in [1.807, 2.05) is 0 Å². The van der Waals surface area contributed by atoms with Gasteiger partial charge in [-0.3, -0.25) is 0 Å². The van der Waals surface area contributed by atoms with Crippen LogP contribution in [0.4, 0.5) is 11.6 Å². The van der Waals surface area contributed by atoms with Crippen molar-refractivity contribution in [2.75, 3.05) is 0 Å². The van der Waals surface area contributed by atoms with E-state index in [9.17, 15) is 10.2 Å². The van der Waals surface area contributed by atoms with Crippen LogP contribution in [0, 0.1) is 0 Å². The fourth-order valence-corrected chi connectivity index (χ4v) is 2.02. The lowest BCUT2D eigenvalue weighted by Gasteiger charge is -2.08. The molecule has 0 unspecified atom stereocenters. The van der Waals surface area contributed by atoms with Gasteiger partial charge in [-0.25, -0.2) is 5.10 Å². The van der Waals surface area contributed by atoms with Crippen molar-refractivity contribution in [3.63, 3.8) is 0 Å². The Morgan fingerprint density at radius 2 is 1.75 bits per heavy atom. The summed E-state index contributed by atoms with van der Waals surface area (Å²) in [6.07, 6.45) is 1.27. The molecule has 100 valence electrons. The number of hydrogen-bond donors (Lipinski definition) is 3. The average Bonchev–Trinajstić information content (AvgIpc) is 2.98. The number of rotatable bonds is 2. The summed E-state index contributed by atoms with van der Waals surface area (Å²) >= 11 is 6.01. The number of H-pyrrole nitrogens is 1. The predicted molar refractivity (Wildman–Crippen MR) is 72.8 cm³/mol. The molecule has 0 atom stereocenters. The lowest BCUT2D eigenvalue weighted by Crippen LogP contribution is -1.79. The quantitative estimate of drug-likeness (QED) is 0.496. The zero-order chi connectivity index (χ0) is 14.1. The number of halogens is 1. The first kappa shape index (κ1) is 12.4. The summed E-state index contributed by atoms with van der Waals surface area (Å²) in [6, 6.07) is 6.75. The number of azo groups is 1. The number of phenolic OH excluding ortho intramolecular Hbond substituents is 2. The molecule has 0 aliphatic heterocycles. The van der Waals surface area contributed by atoms with Gasteiger partial charge in [-0.15, -0.1) is 10.2 Å². The van der Waals surface area contributed by atoms with Crippen LogP contribution >= 0.6 is 11.6 Å². The molecule has 0 saturated carbocycles. The lowest BCUT2D eigenvalue weighted by atomic mass is 10.1. The first-order valence-corrected chi connectivity index (χ1v) is 5.95. The maximum absolute atomic E-state index is 10.2. The van der Waals surface area contributed by atoms with E-state index in [0.29, 0.717) is 10.8 Å². The van der Waals surface area contributed by atoms with Gasteiger partial charge in [0.05, 0.1) is 0 Å². The highest BCUT2D eigenvalue weighted by molar-refractivity contribution is 6.36. The molecule has 0 saturated heterocycles. The van der Waals surface area contributed by atoms with E-state index >= 15 is 0 Å². The summed E-state index contributed by atoms with van der Waals surface area (Å²) in [6.45, 7) is 0. The summed E-state index contributed by atoms with van der Waals surface area (Å²) in [5.74, 6) is -0.161. The molecule has 7 nitrogen and oxygen atoms in total. The highest BCUT2D eigenvalue weighted by Crippen LogP contribution is 2.47. The third-order valence-corrected chi connectivity index (χ3v) is 3.08. The van der Waals surface area contributed by atoms with Crippen LogP contribution in [0.5, 0.6) is 11.5 Å².